The molecule has 0 radical (unpaired) electrons. The van der Waals surface area contributed by atoms with Gasteiger partial charge < -0.3 is 9.97 Å². The molecule has 0 bridgehead atoms. The highest BCUT2D eigenvalue weighted by molar-refractivity contribution is 7.71. The number of aromatic amines is 3. The molecule has 0 aliphatic rings. The Morgan fingerprint density at radius 2 is 2.08 bits per heavy atom. The SMILES string of the molecule is C/C(=N\NC(=O)Cc1cc(=O)[nH]c(=S)[nH]1)c1nc2ccccc2[nH]1. The number of para-hydroxylation sites is 2. The maximum Gasteiger partial charge on any atom is 0.251 e. The van der Waals surface area contributed by atoms with Gasteiger partial charge in [0.15, 0.2) is 10.6 Å². The Labute approximate surface area is 141 Å². The van der Waals surface area contributed by atoms with Crippen molar-refractivity contribution in [3.8, 4) is 0 Å². The number of carbonyl (C=O) groups excluding carboxylic acids is 1. The third-order valence-electron chi connectivity index (χ3n) is 3.25. The average molecular weight is 342 g/mol. The van der Waals surface area contributed by atoms with Crippen LogP contribution in [0.25, 0.3) is 11.0 Å². The van der Waals surface area contributed by atoms with Gasteiger partial charge in [-0.2, -0.15) is 5.10 Å². The van der Waals surface area contributed by atoms with Crippen LogP contribution in [0.2, 0.25) is 0 Å². The minimum atomic E-state index is -0.373. The summed E-state index contributed by atoms with van der Waals surface area (Å²) in [6, 6.07) is 8.88. The maximum absolute atomic E-state index is 11.9. The molecular formula is C15H14N6O2S. The zero-order valence-electron chi connectivity index (χ0n) is 12.7. The van der Waals surface area contributed by atoms with E-state index in [-0.39, 0.29) is 22.7 Å². The number of carbonyl (C=O) groups is 1. The highest BCUT2D eigenvalue weighted by Gasteiger charge is 2.07. The summed E-state index contributed by atoms with van der Waals surface area (Å²) < 4.78 is 0.173. The highest BCUT2D eigenvalue weighted by Crippen LogP contribution is 2.10. The Kier molecular flexibility index (Phi) is 4.34. The Bertz CT molecular complexity index is 984. The largest absolute Gasteiger partial charge is 0.337 e. The van der Waals surface area contributed by atoms with E-state index in [2.05, 4.69) is 30.5 Å². The van der Waals surface area contributed by atoms with Crippen molar-refractivity contribution < 1.29 is 4.79 Å². The Balaban J connectivity index is 1.70. The number of H-pyrrole nitrogens is 3. The van der Waals surface area contributed by atoms with Crippen LogP contribution < -0.4 is 11.0 Å². The standard InChI is InChI=1S/C15H14N6O2S/c1-8(14-17-10-4-2-3-5-11(10)18-14)20-21-13(23)7-9-6-12(22)19-15(24)16-9/h2-6H,7H2,1H3,(H,17,18)(H,21,23)(H2,16,19,22,24)/b20-8+. The fourth-order valence-electron chi connectivity index (χ4n) is 2.15. The molecule has 0 aliphatic carbocycles. The van der Waals surface area contributed by atoms with Crippen molar-refractivity contribution in [3.63, 3.8) is 0 Å². The van der Waals surface area contributed by atoms with Crippen LogP contribution in [0, 0.1) is 4.77 Å². The quantitative estimate of drug-likeness (QED) is 0.325. The molecule has 122 valence electrons. The number of hydrogen-bond acceptors (Lipinski definition) is 5. The minimum absolute atomic E-state index is 0.0372. The highest BCUT2D eigenvalue weighted by atomic mass is 32.1. The van der Waals surface area contributed by atoms with E-state index < -0.39 is 0 Å². The molecule has 0 fully saturated rings. The summed E-state index contributed by atoms with van der Waals surface area (Å²) in [4.78, 5) is 35.9. The summed E-state index contributed by atoms with van der Waals surface area (Å²) in [5.74, 6) is 0.203. The summed E-state index contributed by atoms with van der Waals surface area (Å²) in [7, 11) is 0. The molecule has 4 N–H and O–H groups in total. The first-order chi connectivity index (χ1) is 11.5. The van der Waals surface area contributed by atoms with Gasteiger partial charge in [0.25, 0.3) is 5.56 Å². The van der Waals surface area contributed by atoms with Gasteiger partial charge in [-0.1, -0.05) is 12.1 Å². The smallest absolute Gasteiger partial charge is 0.251 e. The molecule has 0 saturated heterocycles. The van der Waals surface area contributed by atoms with Crippen LogP contribution in [-0.4, -0.2) is 31.6 Å². The van der Waals surface area contributed by atoms with Crippen molar-refractivity contribution in [1.82, 2.24) is 25.4 Å². The van der Waals surface area contributed by atoms with Gasteiger partial charge >= 0.3 is 0 Å². The van der Waals surface area contributed by atoms with E-state index in [0.717, 1.165) is 11.0 Å². The zero-order chi connectivity index (χ0) is 17.1. The Morgan fingerprint density at radius 3 is 2.83 bits per heavy atom. The summed E-state index contributed by atoms with van der Waals surface area (Å²) in [5.41, 5.74) is 4.75. The second-order valence-corrected chi connectivity index (χ2v) is 5.53. The summed E-state index contributed by atoms with van der Waals surface area (Å²) >= 11 is 4.86. The number of aromatic nitrogens is 4. The molecule has 0 saturated carbocycles. The van der Waals surface area contributed by atoms with Gasteiger partial charge in [-0.05, 0) is 31.3 Å². The van der Waals surface area contributed by atoms with E-state index in [1.165, 1.54) is 6.07 Å². The molecule has 2 aromatic heterocycles. The van der Waals surface area contributed by atoms with Crippen molar-refractivity contribution >= 4 is 34.9 Å². The van der Waals surface area contributed by atoms with E-state index in [0.29, 0.717) is 17.2 Å². The van der Waals surface area contributed by atoms with Gasteiger partial charge in [0.2, 0.25) is 5.91 Å². The Hall–Kier alpha value is -3.07. The first kappa shape index (κ1) is 15.8. The van der Waals surface area contributed by atoms with E-state index >= 15 is 0 Å². The molecule has 3 aromatic rings. The number of imidazole rings is 1. The lowest BCUT2D eigenvalue weighted by Gasteiger charge is -2.01. The second-order valence-electron chi connectivity index (χ2n) is 5.12. The molecule has 8 nitrogen and oxygen atoms in total. The third kappa shape index (κ3) is 3.63. The minimum Gasteiger partial charge on any atom is -0.337 e. The number of nitrogens with zero attached hydrogens (tertiary/aromatic N) is 2. The fourth-order valence-corrected chi connectivity index (χ4v) is 2.38. The second kappa shape index (κ2) is 6.59. The summed E-state index contributed by atoms with van der Waals surface area (Å²) in [5, 5.41) is 4.03. The zero-order valence-corrected chi connectivity index (χ0v) is 13.5. The first-order valence-corrected chi connectivity index (χ1v) is 7.53. The van der Waals surface area contributed by atoms with Crippen molar-refractivity contribution in [2.45, 2.75) is 13.3 Å². The number of fused-ring (bicyclic) bond motifs is 1. The summed E-state index contributed by atoms with van der Waals surface area (Å²) in [6.07, 6.45) is -0.0372. The van der Waals surface area contributed by atoms with Crippen LogP contribution in [0.5, 0.6) is 0 Å². The van der Waals surface area contributed by atoms with Crippen LogP contribution in [0.15, 0.2) is 40.2 Å². The maximum atomic E-state index is 11.9. The van der Waals surface area contributed by atoms with E-state index in [1.807, 2.05) is 24.3 Å². The normalized spacial score (nSPS) is 11.6. The van der Waals surface area contributed by atoms with E-state index in [1.54, 1.807) is 6.92 Å². The molecule has 24 heavy (non-hydrogen) atoms. The van der Waals surface area contributed by atoms with Gasteiger partial charge in [0.05, 0.1) is 17.5 Å². The van der Waals surface area contributed by atoms with Crippen LogP contribution in [0.3, 0.4) is 0 Å². The predicted molar refractivity (Wildman–Crippen MR) is 92.4 cm³/mol. The van der Waals surface area contributed by atoms with Gasteiger partial charge in [0, 0.05) is 11.8 Å². The predicted octanol–water partition coefficient (Wildman–Crippen LogP) is 1.39. The van der Waals surface area contributed by atoms with Crippen molar-refractivity contribution in [2.24, 2.45) is 5.10 Å². The third-order valence-corrected chi connectivity index (χ3v) is 3.45. The topological polar surface area (TPSA) is 119 Å². The van der Waals surface area contributed by atoms with Gasteiger partial charge in [-0.25, -0.2) is 10.4 Å². The molecule has 0 aliphatic heterocycles. The molecule has 0 unspecified atom stereocenters. The van der Waals surface area contributed by atoms with Crippen LogP contribution in [0.4, 0.5) is 0 Å². The number of hydrazone groups is 1. The molecule has 0 atom stereocenters. The monoisotopic (exact) mass is 342 g/mol. The van der Waals surface area contributed by atoms with Gasteiger partial charge in [0.1, 0.15) is 5.71 Å². The molecule has 1 amide bonds. The number of amides is 1. The molecule has 0 spiro atoms. The molecular weight excluding hydrogens is 328 g/mol. The first-order valence-electron chi connectivity index (χ1n) is 7.12. The number of benzene rings is 1. The number of nitrogens with one attached hydrogen (secondary N) is 4. The lowest BCUT2D eigenvalue weighted by Crippen LogP contribution is -2.23. The molecule has 3 rings (SSSR count). The van der Waals surface area contributed by atoms with E-state index in [4.69, 9.17) is 12.2 Å². The van der Waals surface area contributed by atoms with Crippen molar-refractivity contribution in [2.75, 3.05) is 0 Å². The molecule has 1 aromatic carbocycles. The summed E-state index contributed by atoms with van der Waals surface area (Å²) in [6.45, 7) is 1.73. The van der Waals surface area contributed by atoms with Gasteiger partial charge in [-0.15, -0.1) is 0 Å². The van der Waals surface area contributed by atoms with Crippen LogP contribution >= 0.6 is 12.2 Å². The van der Waals surface area contributed by atoms with Crippen LogP contribution in [0.1, 0.15) is 18.4 Å². The van der Waals surface area contributed by atoms with Crippen molar-refractivity contribution in [3.05, 3.63) is 57.0 Å². The fraction of sp³-hybridized carbons (Fsp3) is 0.133. The van der Waals surface area contributed by atoms with Crippen LogP contribution in [-0.2, 0) is 11.2 Å². The number of hydrogen-bond donors (Lipinski definition) is 4. The molecule has 9 heteroatoms. The van der Waals surface area contributed by atoms with Crippen molar-refractivity contribution in [1.29, 1.82) is 0 Å². The molecule has 2 heterocycles. The Morgan fingerprint density at radius 1 is 1.29 bits per heavy atom. The lowest BCUT2D eigenvalue weighted by atomic mass is 10.3. The number of rotatable bonds is 4. The van der Waals surface area contributed by atoms with Gasteiger partial charge in [-0.3, -0.25) is 14.6 Å². The average Bonchev–Trinajstić information content (AvgIpc) is 2.95. The lowest BCUT2D eigenvalue weighted by molar-refractivity contribution is -0.120. The van der Waals surface area contributed by atoms with E-state index in [9.17, 15) is 9.59 Å².